The maximum absolute atomic E-state index is 12.7. The van der Waals surface area contributed by atoms with E-state index in [0.29, 0.717) is 0 Å². The molecule has 2 rings (SSSR count). The van der Waals surface area contributed by atoms with Crippen LogP contribution in [0.25, 0.3) is 0 Å². The molecular weight excluding hydrogens is 274 g/mol. The molecule has 1 aliphatic heterocycles. The third-order valence-electron chi connectivity index (χ3n) is 3.87. The Morgan fingerprint density at radius 3 is 2.50 bits per heavy atom. The fraction of sp³-hybridized carbons (Fsp3) is 0.500. The molecule has 108 valence electrons. The molecule has 0 N–H and O–H groups in total. The maximum atomic E-state index is 12.7. The highest BCUT2D eigenvalue weighted by Crippen LogP contribution is 2.24. The van der Waals surface area contributed by atoms with Crippen molar-refractivity contribution in [3.05, 3.63) is 29.8 Å². The average molecular weight is 293 g/mol. The monoisotopic (exact) mass is 293 g/mol. The minimum absolute atomic E-state index is 0.00273. The number of nitriles is 1. The molecule has 0 radical (unpaired) electrons. The lowest BCUT2D eigenvalue weighted by Crippen LogP contribution is -2.44. The molecular formula is C14H19N3O2S. The summed E-state index contributed by atoms with van der Waals surface area (Å²) in [5, 5.41) is 9.07. The van der Waals surface area contributed by atoms with Gasteiger partial charge in [-0.2, -0.15) is 9.57 Å². The molecule has 0 amide bonds. The Labute approximate surface area is 120 Å². The second-order valence-electron chi connectivity index (χ2n) is 5.16. The molecule has 0 atom stereocenters. The standard InChI is InChI=1S/C14H19N3O2S/c1-16-9-7-13(8-10-16)17(2)20(18,19)14-6-4-3-5-12(14)11-15/h3-6,13H,7-10H2,1-2H3. The van der Waals surface area contributed by atoms with Gasteiger partial charge >= 0.3 is 0 Å². The van der Waals surface area contributed by atoms with Gasteiger partial charge in [-0.1, -0.05) is 12.1 Å². The lowest BCUT2D eigenvalue weighted by Gasteiger charge is -2.34. The van der Waals surface area contributed by atoms with E-state index in [0.717, 1.165) is 25.9 Å². The minimum atomic E-state index is -3.61. The van der Waals surface area contributed by atoms with E-state index < -0.39 is 10.0 Å². The van der Waals surface area contributed by atoms with Gasteiger partial charge in [0.1, 0.15) is 6.07 Å². The van der Waals surface area contributed by atoms with Crippen molar-refractivity contribution in [2.24, 2.45) is 0 Å². The number of nitrogens with zero attached hydrogens (tertiary/aromatic N) is 3. The van der Waals surface area contributed by atoms with Gasteiger partial charge in [-0.25, -0.2) is 8.42 Å². The van der Waals surface area contributed by atoms with Crippen LogP contribution in [0.3, 0.4) is 0 Å². The van der Waals surface area contributed by atoms with Gasteiger partial charge in [0, 0.05) is 13.1 Å². The van der Waals surface area contributed by atoms with Crippen molar-refractivity contribution in [1.29, 1.82) is 5.26 Å². The van der Waals surface area contributed by atoms with Crippen LogP contribution in [0.15, 0.2) is 29.2 Å². The Balaban J connectivity index is 2.28. The lowest BCUT2D eigenvalue weighted by atomic mass is 10.1. The van der Waals surface area contributed by atoms with Crippen LogP contribution in [0.5, 0.6) is 0 Å². The number of benzene rings is 1. The van der Waals surface area contributed by atoms with Crippen LogP contribution >= 0.6 is 0 Å². The first-order valence-corrected chi connectivity index (χ1v) is 8.06. The predicted octanol–water partition coefficient (Wildman–Crippen LogP) is 1.27. The fourth-order valence-electron chi connectivity index (χ4n) is 2.49. The van der Waals surface area contributed by atoms with Gasteiger partial charge in [0.2, 0.25) is 10.0 Å². The van der Waals surface area contributed by atoms with Crippen molar-refractivity contribution in [1.82, 2.24) is 9.21 Å². The summed E-state index contributed by atoms with van der Waals surface area (Å²) >= 11 is 0. The van der Waals surface area contributed by atoms with Crippen LogP contribution in [0.2, 0.25) is 0 Å². The number of piperidine rings is 1. The Bertz CT molecular complexity index is 614. The molecule has 1 aromatic rings. The number of sulfonamides is 1. The summed E-state index contributed by atoms with van der Waals surface area (Å²) in [7, 11) is 0.0415. The number of hydrogen-bond donors (Lipinski definition) is 0. The summed E-state index contributed by atoms with van der Waals surface area (Å²) in [6.45, 7) is 1.79. The number of likely N-dealkylation sites (tertiary alicyclic amines) is 1. The molecule has 1 saturated heterocycles. The smallest absolute Gasteiger partial charge is 0.244 e. The molecule has 0 unspecified atom stereocenters. The Morgan fingerprint density at radius 2 is 1.90 bits per heavy atom. The van der Waals surface area contributed by atoms with Gasteiger partial charge in [-0.3, -0.25) is 0 Å². The molecule has 0 aromatic heterocycles. The van der Waals surface area contributed by atoms with Gasteiger partial charge in [0.15, 0.2) is 0 Å². The van der Waals surface area contributed by atoms with Crippen molar-refractivity contribution in [2.75, 3.05) is 27.2 Å². The predicted molar refractivity (Wildman–Crippen MR) is 76.6 cm³/mol. The zero-order valence-corrected chi connectivity index (χ0v) is 12.6. The quantitative estimate of drug-likeness (QED) is 0.842. The Morgan fingerprint density at radius 1 is 1.30 bits per heavy atom. The van der Waals surface area contributed by atoms with Crippen LogP contribution in [0, 0.1) is 11.3 Å². The minimum Gasteiger partial charge on any atom is -0.306 e. The average Bonchev–Trinajstić information content (AvgIpc) is 2.47. The molecule has 0 saturated carbocycles. The van der Waals surface area contributed by atoms with E-state index in [1.807, 2.05) is 13.1 Å². The lowest BCUT2D eigenvalue weighted by molar-refractivity contribution is 0.197. The van der Waals surface area contributed by atoms with Crippen LogP contribution in [0.1, 0.15) is 18.4 Å². The zero-order valence-electron chi connectivity index (χ0n) is 11.8. The van der Waals surface area contributed by atoms with E-state index in [-0.39, 0.29) is 16.5 Å². The summed E-state index contributed by atoms with van der Waals surface area (Å²) in [5.41, 5.74) is 0.201. The van der Waals surface area contributed by atoms with Gasteiger partial charge in [-0.05, 0) is 45.1 Å². The molecule has 20 heavy (non-hydrogen) atoms. The summed E-state index contributed by atoms with van der Waals surface area (Å²) in [5.74, 6) is 0. The second-order valence-corrected chi connectivity index (χ2v) is 7.13. The number of hydrogen-bond acceptors (Lipinski definition) is 4. The third kappa shape index (κ3) is 2.85. The van der Waals surface area contributed by atoms with Crippen LogP contribution in [0.4, 0.5) is 0 Å². The Kier molecular flexibility index (Phi) is 4.43. The maximum Gasteiger partial charge on any atom is 0.244 e. The van der Waals surface area contributed by atoms with Crippen LogP contribution < -0.4 is 0 Å². The van der Waals surface area contributed by atoms with Crippen LogP contribution in [-0.4, -0.2) is 50.8 Å². The molecule has 0 spiro atoms. The van der Waals surface area contributed by atoms with E-state index in [9.17, 15) is 8.42 Å². The molecule has 1 heterocycles. The van der Waals surface area contributed by atoms with Crippen molar-refractivity contribution >= 4 is 10.0 Å². The van der Waals surface area contributed by atoms with E-state index in [2.05, 4.69) is 4.90 Å². The van der Waals surface area contributed by atoms with Crippen molar-refractivity contribution < 1.29 is 8.42 Å². The van der Waals surface area contributed by atoms with E-state index in [1.165, 1.54) is 16.4 Å². The largest absolute Gasteiger partial charge is 0.306 e. The molecule has 5 nitrogen and oxygen atoms in total. The van der Waals surface area contributed by atoms with Gasteiger partial charge in [0.25, 0.3) is 0 Å². The Hall–Kier alpha value is -1.42. The normalized spacial score (nSPS) is 18.1. The molecule has 1 aromatic carbocycles. The highest BCUT2D eigenvalue weighted by atomic mass is 32.2. The summed E-state index contributed by atoms with van der Waals surface area (Å²) < 4.78 is 26.7. The highest BCUT2D eigenvalue weighted by molar-refractivity contribution is 7.89. The van der Waals surface area contributed by atoms with E-state index in [4.69, 9.17) is 5.26 Å². The van der Waals surface area contributed by atoms with E-state index >= 15 is 0 Å². The first kappa shape index (κ1) is 15.0. The first-order valence-electron chi connectivity index (χ1n) is 6.62. The SMILES string of the molecule is CN1CCC(N(C)S(=O)(=O)c2ccccc2C#N)CC1. The first-order chi connectivity index (χ1) is 9.46. The molecule has 1 aliphatic rings. The summed E-state index contributed by atoms with van der Waals surface area (Å²) in [6, 6.07) is 8.31. The topological polar surface area (TPSA) is 64.4 Å². The zero-order chi connectivity index (χ0) is 14.8. The van der Waals surface area contributed by atoms with Crippen LogP contribution in [-0.2, 0) is 10.0 Å². The summed E-state index contributed by atoms with van der Waals surface area (Å²) in [6.07, 6.45) is 1.64. The number of rotatable bonds is 3. The third-order valence-corrected chi connectivity index (χ3v) is 5.84. The van der Waals surface area contributed by atoms with Crippen molar-refractivity contribution in [3.8, 4) is 6.07 Å². The second kappa shape index (κ2) is 5.92. The summed E-state index contributed by atoms with van der Waals surface area (Å²) in [4.78, 5) is 2.30. The van der Waals surface area contributed by atoms with Gasteiger partial charge in [0.05, 0.1) is 10.5 Å². The molecule has 0 bridgehead atoms. The van der Waals surface area contributed by atoms with Gasteiger partial charge in [-0.15, -0.1) is 0 Å². The van der Waals surface area contributed by atoms with Crippen molar-refractivity contribution in [2.45, 2.75) is 23.8 Å². The van der Waals surface area contributed by atoms with Crippen molar-refractivity contribution in [3.63, 3.8) is 0 Å². The molecule has 0 aliphatic carbocycles. The fourth-order valence-corrected chi connectivity index (χ4v) is 4.05. The van der Waals surface area contributed by atoms with Gasteiger partial charge < -0.3 is 4.90 Å². The molecule has 6 heteroatoms. The molecule has 1 fully saturated rings. The van der Waals surface area contributed by atoms with E-state index in [1.54, 1.807) is 19.2 Å². The highest BCUT2D eigenvalue weighted by Gasteiger charge is 2.31.